The van der Waals surface area contributed by atoms with E-state index in [0.29, 0.717) is 36.1 Å². The number of methoxy groups -OCH3 is 1. The molecule has 41 heavy (non-hydrogen) atoms. The van der Waals surface area contributed by atoms with E-state index in [1.54, 1.807) is 19.2 Å². The van der Waals surface area contributed by atoms with Gasteiger partial charge in [-0.15, -0.1) is 0 Å². The lowest BCUT2D eigenvalue weighted by Crippen LogP contribution is -2.56. The Hall–Kier alpha value is -3.50. The molecule has 1 aliphatic heterocycles. The quantitative estimate of drug-likeness (QED) is 0.438. The number of aryl methyl sites for hydroxylation is 2. The van der Waals surface area contributed by atoms with E-state index in [-0.39, 0.29) is 53.3 Å². The first-order chi connectivity index (χ1) is 19.5. The predicted octanol–water partition coefficient (Wildman–Crippen LogP) is 5.30. The van der Waals surface area contributed by atoms with Gasteiger partial charge < -0.3 is 14.4 Å². The third kappa shape index (κ3) is 5.81. The molecule has 0 unspecified atom stereocenters. The van der Waals surface area contributed by atoms with Crippen LogP contribution in [0.3, 0.4) is 0 Å². The molecule has 0 radical (unpaired) electrons. The van der Waals surface area contributed by atoms with Crippen LogP contribution in [-0.2, 0) is 14.8 Å². The van der Waals surface area contributed by atoms with Crippen molar-refractivity contribution < 1.29 is 22.7 Å². The number of nitrogens with zero attached hydrogens (tertiary/aromatic N) is 3. The molecule has 4 bridgehead atoms. The molecule has 0 spiro atoms. The number of hydrogen-bond donors (Lipinski definition) is 1. The van der Waals surface area contributed by atoms with Crippen LogP contribution in [0.25, 0.3) is 11.3 Å². The average molecular weight is 579 g/mol. The van der Waals surface area contributed by atoms with E-state index in [0.717, 1.165) is 16.7 Å². The van der Waals surface area contributed by atoms with Gasteiger partial charge in [0.25, 0.3) is 15.9 Å². The van der Waals surface area contributed by atoms with Gasteiger partial charge in [0.1, 0.15) is 6.61 Å². The van der Waals surface area contributed by atoms with Crippen molar-refractivity contribution in [1.82, 2.24) is 14.9 Å². The molecule has 1 atom stereocenters. The van der Waals surface area contributed by atoms with Crippen LogP contribution in [0.2, 0.25) is 0 Å². The van der Waals surface area contributed by atoms with Gasteiger partial charge in [0.2, 0.25) is 11.8 Å². The highest BCUT2D eigenvalue weighted by molar-refractivity contribution is 7.92. The van der Waals surface area contributed by atoms with Crippen LogP contribution in [0.5, 0.6) is 5.88 Å². The highest BCUT2D eigenvalue weighted by atomic mass is 32.2. The van der Waals surface area contributed by atoms with Crippen molar-refractivity contribution in [2.45, 2.75) is 77.0 Å². The van der Waals surface area contributed by atoms with Crippen molar-refractivity contribution in [2.75, 3.05) is 18.4 Å². The Morgan fingerprint density at radius 1 is 1.07 bits per heavy atom. The van der Waals surface area contributed by atoms with Gasteiger partial charge in [0.15, 0.2) is 0 Å². The number of carbonyl (C=O) groups excluding carboxylic acids is 1. The Labute approximate surface area is 242 Å². The number of sulfonamides is 1. The first kappa shape index (κ1) is 29.0. The second-order valence-corrected chi connectivity index (χ2v) is 13.2. The summed E-state index contributed by atoms with van der Waals surface area (Å²) < 4.78 is 41.6. The molecule has 1 aromatic heterocycles. The van der Waals surface area contributed by atoms with Gasteiger partial charge in [-0.2, -0.15) is 4.98 Å². The summed E-state index contributed by atoms with van der Waals surface area (Å²) in [4.78, 5) is 25.2. The van der Waals surface area contributed by atoms with Crippen LogP contribution in [0.1, 0.15) is 60.2 Å². The average Bonchev–Trinajstić information content (AvgIpc) is 2.89. The molecule has 1 amide bonds. The maximum Gasteiger partial charge on any atom is 0.264 e. The maximum atomic E-state index is 14.1. The van der Waals surface area contributed by atoms with E-state index in [1.165, 1.54) is 12.1 Å². The van der Waals surface area contributed by atoms with Crippen LogP contribution in [0, 0.1) is 26.7 Å². The predicted molar refractivity (Wildman–Crippen MR) is 158 cm³/mol. The van der Waals surface area contributed by atoms with Gasteiger partial charge in [-0.25, -0.2) is 18.1 Å². The van der Waals surface area contributed by atoms with Gasteiger partial charge in [-0.3, -0.25) is 4.79 Å². The molecule has 0 saturated heterocycles. The fraction of sp³-hybridized carbons (Fsp3) is 0.452. The Bertz CT molecular complexity index is 1550. The third-order valence-corrected chi connectivity index (χ3v) is 9.34. The zero-order chi connectivity index (χ0) is 29.5. The van der Waals surface area contributed by atoms with Crippen molar-refractivity contribution in [2.24, 2.45) is 5.92 Å². The van der Waals surface area contributed by atoms with Gasteiger partial charge in [0.05, 0.1) is 22.7 Å². The summed E-state index contributed by atoms with van der Waals surface area (Å²) in [5, 5.41) is 0. The molecule has 1 N–H and O–H groups in total. The van der Waals surface area contributed by atoms with Crippen molar-refractivity contribution in [3.05, 3.63) is 64.7 Å². The van der Waals surface area contributed by atoms with Crippen LogP contribution >= 0.6 is 0 Å². The monoisotopic (exact) mass is 578 g/mol. The standard InChI is InChI=1S/C31H38N4O5S/c1-18(2)13-24-17-40-29-21(5)28(27-19(3)9-7-10-20(27)4)32-31(33-29)34-41(37,38)26-12-8-11-22(14-26)30(36)35(24)23-15-25(16-23)39-6/h7-12,14,18,23-25H,13,15-17H2,1-6H3,(H,32,33,34)/t23-,24-,25+/m1/s1. The Morgan fingerprint density at radius 3 is 2.41 bits per heavy atom. The largest absolute Gasteiger partial charge is 0.475 e. The number of benzene rings is 2. The van der Waals surface area contributed by atoms with E-state index in [2.05, 4.69) is 28.5 Å². The molecule has 1 fully saturated rings. The maximum absolute atomic E-state index is 14.1. The number of ether oxygens (including phenoxy) is 2. The molecule has 9 nitrogen and oxygen atoms in total. The number of anilines is 1. The van der Waals surface area contributed by atoms with Gasteiger partial charge in [-0.05, 0) is 75.3 Å². The molecule has 5 rings (SSSR count). The fourth-order valence-electron chi connectivity index (χ4n) is 5.81. The lowest BCUT2D eigenvalue weighted by molar-refractivity contribution is -0.0390. The van der Waals surface area contributed by atoms with Crippen molar-refractivity contribution in [3.8, 4) is 17.1 Å². The molecular weight excluding hydrogens is 540 g/mol. The number of carbonyl (C=O) groups is 1. The highest BCUT2D eigenvalue weighted by Crippen LogP contribution is 2.36. The summed E-state index contributed by atoms with van der Waals surface area (Å²) in [6, 6.07) is 11.8. The topological polar surface area (TPSA) is 111 Å². The van der Waals surface area contributed by atoms with E-state index >= 15 is 0 Å². The zero-order valence-electron chi connectivity index (χ0n) is 24.5. The Kier molecular flexibility index (Phi) is 8.07. The second kappa shape index (κ2) is 11.4. The van der Waals surface area contributed by atoms with Crippen LogP contribution < -0.4 is 9.46 Å². The molecule has 1 saturated carbocycles. The zero-order valence-corrected chi connectivity index (χ0v) is 25.3. The Morgan fingerprint density at radius 2 is 1.76 bits per heavy atom. The SMILES string of the molecule is CO[C@H]1C[C@@H](N2C(=O)c3cccc(c3)S(=O)(=O)Nc3nc(c(C)c(-c4c(C)cccc4C)n3)OC[C@H]2CC(C)C)C1. The van der Waals surface area contributed by atoms with Gasteiger partial charge in [0, 0.05) is 29.8 Å². The first-order valence-corrected chi connectivity index (χ1v) is 15.5. The minimum absolute atomic E-state index is 0.0356. The Balaban J connectivity index is 1.68. The molecule has 2 aromatic carbocycles. The van der Waals surface area contributed by atoms with Gasteiger partial charge >= 0.3 is 0 Å². The normalized spacial score (nSPS) is 22.1. The summed E-state index contributed by atoms with van der Waals surface area (Å²) in [6.45, 7) is 10.3. The van der Waals surface area contributed by atoms with Crippen LogP contribution in [-0.4, -0.2) is 61.1 Å². The molecular formula is C31H38N4O5S. The number of aromatic nitrogens is 2. The number of fused-ring (bicyclic) bond motifs is 4. The minimum atomic E-state index is -4.11. The molecule has 2 aliphatic rings. The highest BCUT2D eigenvalue weighted by Gasteiger charge is 2.41. The summed E-state index contributed by atoms with van der Waals surface area (Å²) in [7, 11) is -2.43. The third-order valence-electron chi connectivity index (χ3n) is 8.02. The van der Waals surface area contributed by atoms with E-state index in [9.17, 15) is 13.2 Å². The minimum Gasteiger partial charge on any atom is -0.475 e. The second-order valence-electron chi connectivity index (χ2n) is 11.5. The summed E-state index contributed by atoms with van der Waals surface area (Å²) in [6.07, 6.45) is 2.21. The number of amides is 1. The fourth-order valence-corrected chi connectivity index (χ4v) is 6.80. The molecule has 1 aliphatic carbocycles. The lowest BCUT2D eigenvalue weighted by atomic mass is 9.85. The van der Waals surface area contributed by atoms with Crippen LogP contribution in [0.15, 0.2) is 47.4 Å². The molecule has 3 aromatic rings. The molecule has 218 valence electrons. The van der Waals surface area contributed by atoms with Gasteiger partial charge in [-0.1, -0.05) is 38.1 Å². The smallest absolute Gasteiger partial charge is 0.264 e. The van der Waals surface area contributed by atoms with Crippen molar-refractivity contribution >= 4 is 21.9 Å². The lowest BCUT2D eigenvalue weighted by Gasteiger charge is -2.46. The number of hydrogen-bond acceptors (Lipinski definition) is 7. The van der Waals surface area contributed by atoms with E-state index < -0.39 is 10.0 Å². The first-order valence-electron chi connectivity index (χ1n) is 14.0. The van der Waals surface area contributed by atoms with E-state index in [1.807, 2.05) is 43.9 Å². The summed E-state index contributed by atoms with van der Waals surface area (Å²) >= 11 is 0. The van der Waals surface area contributed by atoms with Crippen molar-refractivity contribution in [3.63, 3.8) is 0 Å². The van der Waals surface area contributed by atoms with Crippen LogP contribution in [0.4, 0.5) is 5.95 Å². The number of nitrogens with one attached hydrogen (secondary N) is 1. The molecule has 10 heteroatoms. The molecule has 2 heterocycles. The number of rotatable bonds is 5. The van der Waals surface area contributed by atoms with E-state index in [4.69, 9.17) is 9.47 Å². The summed E-state index contributed by atoms with van der Waals surface area (Å²) in [5.41, 5.74) is 4.52. The van der Waals surface area contributed by atoms with Crippen molar-refractivity contribution in [1.29, 1.82) is 0 Å². The summed E-state index contributed by atoms with van der Waals surface area (Å²) in [5.74, 6) is 0.263.